The molecule has 116 valence electrons. The van der Waals surface area contributed by atoms with E-state index in [0.717, 1.165) is 38.5 Å². The lowest BCUT2D eigenvalue weighted by atomic mass is 10.1. The Morgan fingerprint density at radius 1 is 0.950 bits per heavy atom. The maximum atomic E-state index is 11.9. The van der Waals surface area contributed by atoms with Crippen LogP contribution in [0.3, 0.4) is 0 Å². The molecule has 0 saturated carbocycles. The number of carbonyl (C=O) groups excluding carboxylic acids is 2. The molecule has 0 spiro atoms. The Morgan fingerprint density at radius 3 is 1.75 bits per heavy atom. The summed E-state index contributed by atoms with van der Waals surface area (Å²) < 4.78 is 10.2. The molecule has 0 N–H and O–H groups in total. The predicted octanol–water partition coefficient (Wildman–Crippen LogP) is 3.65. The molecule has 0 aliphatic carbocycles. The zero-order valence-corrected chi connectivity index (χ0v) is 12.9. The number of unbranched alkanes of at least 4 members (excludes halogenated alkanes) is 4. The lowest BCUT2D eigenvalue weighted by Gasteiger charge is -2.13. The first kappa shape index (κ1) is 18.7. The topological polar surface area (TPSA) is 52.6 Å². The number of carbonyl (C=O) groups is 2. The van der Waals surface area contributed by atoms with E-state index >= 15 is 0 Å². The lowest BCUT2D eigenvalue weighted by molar-refractivity contribution is -0.162. The number of allylic oxidation sites excluding steroid dienone is 1. The minimum Gasteiger partial charge on any atom is -0.465 e. The van der Waals surface area contributed by atoms with Gasteiger partial charge in [0.2, 0.25) is 0 Å². The second kappa shape index (κ2) is 12.7. The minimum atomic E-state index is -0.865. The Bertz CT molecular complexity index is 262. The molecule has 0 rings (SSSR count). The highest BCUT2D eigenvalue weighted by molar-refractivity contribution is 5.95. The molecule has 0 atom stereocenters. The Labute approximate surface area is 122 Å². The molecule has 0 radical (unpaired) electrons. The molecular weight excluding hydrogens is 256 g/mol. The zero-order valence-electron chi connectivity index (χ0n) is 12.9. The second-order valence-corrected chi connectivity index (χ2v) is 4.83. The van der Waals surface area contributed by atoms with Crippen LogP contribution in [-0.2, 0) is 19.1 Å². The van der Waals surface area contributed by atoms with Crippen molar-refractivity contribution in [1.29, 1.82) is 0 Å². The first-order valence-electron chi connectivity index (χ1n) is 7.61. The Balaban J connectivity index is 4.13. The van der Waals surface area contributed by atoms with Gasteiger partial charge in [0, 0.05) is 0 Å². The highest BCUT2D eigenvalue weighted by Crippen LogP contribution is 2.11. The van der Waals surface area contributed by atoms with Gasteiger partial charge in [-0.3, -0.25) is 9.59 Å². The van der Waals surface area contributed by atoms with Crippen LogP contribution < -0.4 is 0 Å². The summed E-state index contributed by atoms with van der Waals surface area (Å²) in [5, 5.41) is 0. The molecule has 0 heterocycles. The van der Waals surface area contributed by atoms with E-state index in [0.29, 0.717) is 13.2 Å². The molecule has 0 unspecified atom stereocenters. The van der Waals surface area contributed by atoms with Crippen LogP contribution in [-0.4, -0.2) is 25.2 Å². The first-order valence-corrected chi connectivity index (χ1v) is 7.61. The van der Waals surface area contributed by atoms with Crippen molar-refractivity contribution in [2.45, 2.75) is 58.8 Å². The van der Waals surface area contributed by atoms with Gasteiger partial charge >= 0.3 is 11.9 Å². The molecule has 0 aromatic rings. The third-order valence-electron chi connectivity index (χ3n) is 2.96. The summed E-state index contributed by atoms with van der Waals surface area (Å²) in [5.74, 6) is -1.86. The fourth-order valence-electron chi connectivity index (χ4n) is 1.71. The fraction of sp³-hybridized carbons (Fsp3) is 0.750. The van der Waals surface area contributed by atoms with E-state index in [4.69, 9.17) is 9.47 Å². The molecule has 0 aromatic carbocycles. The number of hydrogen-bond acceptors (Lipinski definition) is 4. The van der Waals surface area contributed by atoms with Crippen LogP contribution in [0.1, 0.15) is 58.8 Å². The van der Waals surface area contributed by atoms with E-state index in [1.165, 1.54) is 0 Å². The van der Waals surface area contributed by atoms with Crippen molar-refractivity contribution in [3.63, 3.8) is 0 Å². The van der Waals surface area contributed by atoms with Crippen LogP contribution >= 0.6 is 0 Å². The predicted molar refractivity (Wildman–Crippen MR) is 79.3 cm³/mol. The normalized spacial score (nSPS) is 10.3. The summed E-state index contributed by atoms with van der Waals surface area (Å²) in [6.07, 6.45) is 7.62. The minimum absolute atomic E-state index is 0.263. The molecule has 0 aromatic heterocycles. The molecule has 4 nitrogen and oxygen atoms in total. The Kier molecular flexibility index (Phi) is 11.9. The van der Waals surface area contributed by atoms with Crippen LogP contribution in [0.2, 0.25) is 0 Å². The maximum Gasteiger partial charge on any atom is 0.320 e. The third kappa shape index (κ3) is 8.73. The van der Waals surface area contributed by atoms with Gasteiger partial charge in [0.15, 0.2) is 5.92 Å². The molecule has 0 fully saturated rings. The average molecular weight is 284 g/mol. The zero-order chi connectivity index (χ0) is 15.2. The first-order chi connectivity index (χ1) is 9.67. The van der Waals surface area contributed by atoms with Gasteiger partial charge in [-0.2, -0.15) is 0 Å². The van der Waals surface area contributed by atoms with Crippen molar-refractivity contribution in [3.05, 3.63) is 12.7 Å². The van der Waals surface area contributed by atoms with Crippen LogP contribution in [0.4, 0.5) is 0 Å². The van der Waals surface area contributed by atoms with Crippen LogP contribution in [0, 0.1) is 5.92 Å². The van der Waals surface area contributed by atoms with Crippen molar-refractivity contribution < 1.29 is 19.1 Å². The van der Waals surface area contributed by atoms with Gasteiger partial charge in [0.1, 0.15) is 0 Å². The van der Waals surface area contributed by atoms with E-state index in [9.17, 15) is 9.59 Å². The van der Waals surface area contributed by atoms with Gasteiger partial charge in [0.25, 0.3) is 0 Å². The standard InChI is InChI=1S/C16H28O4/c1-4-7-9-12-19-15(17)14(11-6-3)16(18)20-13-10-8-5-2/h6,14H,3-5,7-13H2,1-2H3. The maximum absolute atomic E-state index is 11.9. The molecule has 0 bridgehead atoms. The lowest BCUT2D eigenvalue weighted by Crippen LogP contribution is -2.28. The van der Waals surface area contributed by atoms with Crippen molar-refractivity contribution >= 4 is 11.9 Å². The van der Waals surface area contributed by atoms with E-state index in [1.807, 2.05) is 0 Å². The third-order valence-corrected chi connectivity index (χ3v) is 2.96. The summed E-state index contributed by atoms with van der Waals surface area (Å²) >= 11 is 0. The summed E-state index contributed by atoms with van der Waals surface area (Å²) in [6, 6.07) is 0. The molecule has 4 heteroatoms. The SMILES string of the molecule is C=CCC(C(=O)OCCCCC)C(=O)OCCCCC. The van der Waals surface area contributed by atoms with E-state index in [2.05, 4.69) is 20.4 Å². The Hall–Kier alpha value is -1.32. The van der Waals surface area contributed by atoms with Gasteiger partial charge in [-0.25, -0.2) is 0 Å². The van der Waals surface area contributed by atoms with Crippen molar-refractivity contribution in [3.8, 4) is 0 Å². The monoisotopic (exact) mass is 284 g/mol. The number of rotatable bonds is 12. The van der Waals surface area contributed by atoms with Gasteiger partial charge in [0.05, 0.1) is 13.2 Å². The van der Waals surface area contributed by atoms with Gasteiger partial charge in [-0.15, -0.1) is 6.58 Å². The van der Waals surface area contributed by atoms with Gasteiger partial charge in [-0.1, -0.05) is 45.6 Å². The van der Waals surface area contributed by atoms with E-state index in [1.54, 1.807) is 6.08 Å². The molecule has 0 aliphatic heterocycles. The molecule has 0 aliphatic rings. The molecule has 0 amide bonds. The molecule has 20 heavy (non-hydrogen) atoms. The largest absolute Gasteiger partial charge is 0.465 e. The van der Waals surface area contributed by atoms with E-state index < -0.39 is 17.9 Å². The second-order valence-electron chi connectivity index (χ2n) is 4.83. The van der Waals surface area contributed by atoms with E-state index in [-0.39, 0.29) is 6.42 Å². The molecular formula is C16H28O4. The summed E-state index contributed by atoms with van der Waals surface area (Å²) in [5.41, 5.74) is 0. The van der Waals surface area contributed by atoms with Crippen LogP contribution in [0.5, 0.6) is 0 Å². The summed E-state index contributed by atoms with van der Waals surface area (Å²) in [7, 11) is 0. The summed E-state index contributed by atoms with van der Waals surface area (Å²) in [6.45, 7) is 8.46. The van der Waals surface area contributed by atoms with Crippen LogP contribution in [0.25, 0.3) is 0 Å². The highest BCUT2D eigenvalue weighted by Gasteiger charge is 2.28. The van der Waals surface area contributed by atoms with Crippen molar-refractivity contribution in [2.24, 2.45) is 5.92 Å². The molecule has 0 saturated heterocycles. The van der Waals surface area contributed by atoms with Gasteiger partial charge in [-0.05, 0) is 19.3 Å². The number of ether oxygens (including phenoxy) is 2. The number of esters is 2. The average Bonchev–Trinajstić information content (AvgIpc) is 2.45. The summed E-state index contributed by atoms with van der Waals surface area (Å²) in [4.78, 5) is 23.7. The van der Waals surface area contributed by atoms with Crippen molar-refractivity contribution in [2.75, 3.05) is 13.2 Å². The van der Waals surface area contributed by atoms with Crippen molar-refractivity contribution in [1.82, 2.24) is 0 Å². The fourth-order valence-corrected chi connectivity index (χ4v) is 1.71. The van der Waals surface area contributed by atoms with Gasteiger partial charge < -0.3 is 9.47 Å². The van der Waals surface area contributed by atoms with Crippen LogP contribution in [0.15, 0.2) is 12.7 Å². The smallest absolute Gasteiger partial charge is 0.320 e. The number of hydrogen-bond donors (Lipinski definition) is 0. The highest BCUT2D eigenvalue weighted by atomic mass is 16.6. The quantitative estimate of drug-likeness (QED) is 0.237. The Morgan fingerprint density at radius 2 is 1.40 bits per heavy atom.